The van der Waals surface area contributed by atoms with Gasteiger partial charge in [-0.25, -0.2) is 29.9 Å². The van der Waals surface area contributed by atoms with E-state index in [0.717, 1.165) is 43.4 Å². The summed E-state index contributed by atoms with van der Waals surface area (Å²) in [5, 5.41) is 26.9. The van der Waals surface area contributed by atoms with Crippen LogP contribution in [0.3, 0.4) is 0 Å². The van der Waals surface area contributed by atoms with Crippen molar-refractivity contribution in [3.05, 3.63) is 124 Å². The minimum absolute atomic E-state index is 0.0945. The smallest absolute Gasteiger partial charge is 0.387 e. The Labute approximate surface area is 345 Å². The van der Waals surface area contributed by atoms with E-state index in [0.29, 0.717) is 51.8 Å². The Morgan fingerprint density at radius 3 is 1.88 bits per heavy atom. The van der Waals surface area contributed by atoms with Crippen LogP contribution in [-0.4, -0.2) is 75.0 Å². The maximum absolute atomic E-state index is 13.4. The van der Waals surface area contributed by atoms with E-state index in [1.54, 1.807) is 55.4 Å². The Morgan fingerprint density at radius 1 is 0.750 bits per heavy atom. The molecule has 17 nitrogen and oxygen atoms in total. The van der Waals surface area contributed by atoms with Gasteiger partial charge in [0, 0.05) is 71.2 Å². The largest absolute Gasteiger partial charge is 0.432 e. The zero-order valence-corrected chi connectivity index (χ0v) is 32.7. The average Bonchev–Trinajstić information content (AvgIpc) is 3.90. The Hall–Kier alpha value is -7.01. The van der Waals surface area contributed by atoms with Crippen LogP contribution in [0, 0.1) is 11.3 Å². The van der Waals surface area contributed by atoms with E-state index in [-0.39, 0.29) is 41.0 Å². The molecule has 6 aromatic heterocycles. The summed E-state index contributed by atoms with van der Waals surface area (Å²) in [6.07, 6.45) is 17.5. The molecule has 60 heavy (non-hydrogen) atoms. The molecule has 0 radical (unpaired) electrons. The van der Waals surface area contributed by atoms with Crippen molar-refractivity contribution in [1.82, 2.24) is 44.3 Å². The number of nitriles is 1. The van der Waals surface area contributed by atoms with Gasteiger partial charge in [-0.3, -0.25) is 14.2 Å². The Balaban J connectivity index is 0.782. The van der Waals surface area contributed by atoms with Crippen molar-refractivity contribution in [2.45, 2.75) is 80.0 Å². The molecule has 2 fully saturated rings. The van der Waals surface area contributed by atoms with E-state index in [2.05, 4.69) is 61.0 Å². The van der Waals surface area contributed by atoms with Gasteiger partial charge in [0.05, 0.1) is 47.8 Å². The third-order valence-corrected chi connectivity index (χ3v) is 11.1. The second-order valence-corrected chi connectivity index (χ2v) is 15.3. The van der Waals surface area contributed by atoms with E-state index < -0.39 is 6.61 Å². The number of hydrogen-bond acceptors (Lipinski definition) is 16. The minimum atomic E-state index is -2.93. The average molecular weight is 833 g/mol. The second-order valence-electron chi connectivity index (χ2n) is 14.3. The summed E-state index contributed by atoms with van der Waals surface area (Å²) < 4.78 is 31.9. The first-order chi connectivity index (χ1) is 29.2. The number of pyridine rings is 3. The van der Waals surface area contributed by atoms with Crippen LogP contribution in [0.2, 0.25) is 0 Å². The Bertz CT molecular complexity index is 2560. The number of nitrogens with zero attached hydrogens (tertiary/aromatic N) is 10. The van der Waals surface area contributed by atoms with Gasteiger partial charge in [-0.2, -0.15) is 23.8 Å². The fraction of sp³-hybridized carbons (Fsp3) is 0.300. The fourth-order valence-corrected chi connectivity index (χ4v) is 7.96. The first kappa shape index (κ1) is 39.8. The molecule has 0 aliphatic heterocycles. The zero-order chi connectivity index (χ0) is 41.4. The van der Waals surface area contributed by atoms with Crippen LogP contribution in [0.1, 0.15) is 49.7 Å². The van der Waals surface area contributed by atoms with E-state index >= 15 is 0 Å². The molecule has 2 aliphatic rings. The van der Waals surface area contributed by atoms with Crippen molar-refractivity contribution >= 4 is 35.3 Å². The maximum Gasteiger partial charge on any atom is 0.387 e. The summed E-state index contributed by atoms with van der Waals surface area (Å²) >= 11 is 1.46. The lowest BCUT2D eigenvalue weighted by atomic mass is 10.2. The van der Waals surface area contributed by atoms with Crippen LogP contribution in [-0.2, 0) is 5.75 Å². The molecule has 0 amide bonds. The van der Waals surface area contributed by atoms with Crippen molar-refractivity contribution in [2.24, 2.45) is 0 Å². The summed E-state index contributed by atoms with van der Waals surface area (Å²) in [7, 11) is 0. The molecule has 6 aromatic rings. The van der Waals surface area contributed by atoms with Crippen molar-refractivity contribution in [1.29, 1.82) is 5.26 Å². The number of hydrogen-bond donors (Lipinski definition) is 4. The molecule has 4 atom stereocenters. The van der Waals surface area contributed by atoms with Gasteiger partial charge in [0.25, 0.3) is 11.1 Å². The highest BCUT2D eigenvalue weighted by atomic mass is 32.2. The Kier molecular flexibility index (Phi) is 12.1. The van der Waals surface area contributed by atoms with Crippen molar-refractivity contribution in [3.8, 4) is 23.2 Å². The monoisotopic (exact) mass is 832 g/mol. The lowest BCUT2D eigenvalue weighted by molar-refractivity contribution is -0.0503. The zero-order valence-electron chi connectivity index (χ0n) is 31.9. The molecule has 0 aromatic carbocycles. The van der Waals surface area contributed by atoms with E-state index in [4.69, 9.17) is 5.26 Å². The number of rotatable bonds is 15. The molecule has 0 spiro atoms. The second kappa shape index (κ2) is 18.3. The van der Waals surface area contributed by atoms with Crippen LogP contribution in [0.25, 0.3) is 11.4 Å². The van der Waals surface area contributed by atoms with E-state index in [9.17, 15) is 18.4 Å². The van der Waals surface area contributed by atoms with E-state index in [1.807, 2.05) is 24.3 Å². The van der Waals surface area contributed by atoms with Gasteiger partial charge in [-0.15, -0.1) is 11.8 Å². The first-order valence-electron chi connectivity index (χ1n) is 19.2. The molecule has 4 N–H and O–H groups in total. The highest BCUT2D eigenvalue weighted by molar-refractivity contribution is 7.98. The molecular formula is C40H38F2N14O3S. The number of halogens is 2. The summed E-state index contributed by atoms with van der Waals surface area (Å²) in [6.45, 7) is -2.93. The predicted molar refractivity (Wildman–Crippen MR) is 220 cm³/mol. The molecular weight excluding hydrogens is 795 g/mol. The summed E-state index contributed by atoms with van der Waals surface area (Å²) in [5.41, 5.74) is 1.50. The third-order valence-electron chi connectivity index (χ3n) is 10.1. The third kappa shape index (κ3) is 9.98. The van der Waals surface area contributed by atoms with Gasteiger partial charge >= 0.3 is 6.61 Å². The summed E-state index contributed by atoms with van der Waals surface area (Å²) in [6, 6.07) is 14.4. The maximum atomic E-state index is 13.4. The topological polar surface area (TPSA) is 215 Å². The first-order valence-corrected chi connectivity index (χ1v) is 20.1. The van der Waals surface area contributed by atoms with Gasteiger partial charge in [-0.05, 0) is 74.9 Å². The molecule has 0 bridgehead atoms. The molecule has 0 saturated heterocycles. The number of thioether (sulfide) groups is 1. The van der Waals surface area contributed by atoms with Gasteiger partial charge in [-0.1, -0.05) is 0 Å². The molecule has 20 heteroatoms. The lowest BCUT2D eigenvalue weighted by Crippen LogP contribution is -2.24. The molecule has 306 valence electrons. The number of ether oxygens (including phenoxy) is 1. The Morgan fingerprint density at radius 2 is 1.33 bits per heavy atom. The normalized spacial score (nSPS) is 18.5. The number of alkyl halides is 2. The fourth-order valence-electron chi connectivity index (χ4n) is 7.17. The summed E-state index contributed by atoms with van der Waals surface area (Å²) in [4.78, 5) is 52.7. The quantitative estimate of drug-likeness (QED) is 0.0952. The molecule has 6 heterocycles. The van der Waals surface area contributed by atoms with Gasteiger partial charge in [0.2, 0.25) is 11.9 Å². The van der Waals surface area contributed by atoms with Gasteiger partial charge in [0.1, 0.15) is 11.6 Å². The van der Waals surface area contributed by atoms with E-state index in [1.165, 1.54) is 39.5 Å². The van der Waals surface area contributed by atoms with Crippen LogP contribution in [0.15, 0.2) is 107 Å². The molecule has 8 rings (SSSR count). The number of nitrogens with one attached hydrogen (secondary N) is 4. The SMILES string of the molecule is N#Cc1ccn(-c2ccc(N[C@H]3CC[C@H](Nc4ncc(SCc5ccnn(-c6ccc(N[C@H]7CC[C@H](Nc8ncc(OC(F)F)cn8)C7)nc6)c5=O)cn4)C3)nc2)c(=O)c1. The van der Waals surface area contributed by atoms with Crippen molar-refractivity contribution in [3.63, 3.8) is 0 Å². The number of aromatic nitrogens is 9. The highest BCUT2D eigenvalue weighted by Gasteiger charge is 2.27. The standard InChI is InChI=1S/C40H38F2N14O3S/c41-38(42)59-32-19-46-39(47-20-32)53-28-3-1-27(14-28)52-35-8-6-31(18-45-35)56-37(58)25(9-11-50-56)23-60-33-21-48-40(49-22-33)54-29-4-2-26(15-29)51-34-7-5-30(17-44-34)55-12-10-24(16-43)13-36(55)57/h5-13,17-22,26-29,38H,1-4,14-15,23H2,(H,44,51)(H,45,52)(H,46,47,53)(H,48,49,54)/t26-,27-,28-,29-/m0/s1. The summed E-state index contributed by atoms with van der Waals surface area (Å²) in [5.74, 6) is 2.55. The number of anilines is 4. The predicted octanol–water partition coefficient (Wildman–Crippen LogP) is 5.41. The van der Waals surface area contributed by atoms with Crippen LogP contribution in [0.5, 0.6) is 5.75 Å². The van der Waals surface area contributed by atoms with Crippen LogP contribution in [0.4, 0.5) is 32.3 Å². The minimum Gasteiger partial charge on any atom is -0.432 e. The lowest BCUT2D eigenvalue weighted by Gasteiger charge is -2.15. The van der Waals surface area contributed by atoms with Gasteiger partial charge < -0.3 is 26.0 Å². The molecule has 2 aliphatic carbocycles. The highest BCUT2D eigenvalue weighted by Crippen LogP contribution is 2.27. The van der Waals surface area contributed by atoms with Crippen molar-refractivity contribution in [2.75, 3.05) is 21.3 Å². The van der Waals surface area contributed by atoms with Crippen LogP contribution >= 0.6 is 11.8 Å². The molecule has 2 saturated carbocycles. The van der Waals surface area contributed by atoms with Gasteiger partial charge in [0.15, 0.2) is 5.75 Å². The van der Waals surface area contributed by atoms with Crippen molar-refractivity contribution < 1.29 is 13.5 Å². The molecule has 0 unspecified atom stereocenters. The van der Waals surface area contributed by atoms with Crippen LogP contribution < -0.4 is 37.1 Å².